The van der Waals surface area contributed by atoms with E-state index in [0.717, 1.165) is 24.5 Å². The fourth-order valence-electron chi connectivity index (χ4n) is 1.71. The Morgan fingerprint density at radius 3 is 2.55 bits per heavy atom. The lowest BCUT2D eigenvalue weighted by molar-refractivity contribution is 0.587. The smallest absolute Gasteiger partial charge is 0.175 e. The minimum absolute atomic E-state index is 0.0663. The van der Waals surface area contributed by atoms with Crippen molar-refractivity contribution in [3.8, 4) is 0 Å². The van der Waals surface area contributed by atoms with Crippen molar-refractivity contribution >= 4 is 15.5 Å². The van der Waals surface area contributed by atoms with Gasteiger partial charge in [-0.25, -0.2) is 17.2 Å². The summed E-state index contributed by atoms with van der Waals surface area (Å²) in [7, 11) is -3.30. The molecule has 106 valence electrons. The van der Waals surface area contributed by atoms with Crippen molar-refractivity contribution in [2.45, 2.75) is 11.4 Å². The minimum Gasteiger partial charge on any atom is -0.381 e. The van der Waals surface area contributed by atoms with Gasteiger partial charge in [0.05, 0.1) is 4.90 Å². The molecule has 0 fully saturated rings. The van der Waals surface area contributed by atoms with Gasteiger partial charge in [-0.2, -0.15) is 0 Å². The Labute approximate surface area is 116 Å². The third kappa shape index (κ3) is 3.54. The topological polar surface area (TPSA) is 46.2 Å². The van der Waals surface area contributed by atoms with Crippen LogP contribution in [0, 0.1) is 11.6 Å². The van der Waals surface area contributed by atoms with Crippen LogP contribution in [0.1, 0.15) is 5.56 Å². The molecule has 0 aliphatic rings. The van der Waals surface area contributed by atoms with Crippen LogP contribution in [0.5, 0.6) is 0 Å². The van der Waals surface area contributed by atoms with Crippen LogP contribution in [0.25, 0.3) is 0 Å². The first-order chi connectivity index (χ1) is 9.36. The van der Waals surface area contributed by atoms with Crippen LogP contribution < -0.4 is 5.32 Å². The van der Waals surface area contributed by atoms with E-state index in [0.29, 0.717) is 5.69 Å². The predicted molar refractivity (Wildman–Crippen MR) is 73.2 cm³/mol. The quantitative estimate of drug-likeness (QED) is 0.943. The highest BCUT2D eigenvalue weighted by Gasteiger charge is 2.08. The van der Waals surface area contributed by atoms with Gasteiger partial charge in [0, 0.05) is 24.1 Å². The van der Waals surface area contributed by atoms with Crippen LogP contribution in [0.4, 0.5) is 14.5 Å². The lowest BCUT2D eigenvalue weighted by atomic mass is 10.2. The first-order valence-corrected chi connectivity index (χ1v) is 7.73. The van der Waals surface area contributed by atoms with E-state index in [9.17, 15) is 17.2 Å². The second kappa shape index (κ2) is 5.58. The SMILES string of the molecule is CS(=O)(=O)c1cccc(NCc2cc(F)ccc2F)c1. The number of sulfone groups is 1. The third-order valence-electron chi connectivity index (χ3n) is 2.75. The van der Waals surface area contributed by atoms with Gasteiger partial charge in [-0.3, -0.25) is 0 Å². The van der Waals surface area contributed by atoms with E-state index in [2.05, 4.69) is 5.32 Å². The molecule has 0 bridgehead atoms. The molecule has 0 aliphatic carbocycles. The number of halogens is 2. The molecule has 0 saturated carbocycles. The lowest BCUT2D eigenvalue weighted by Crippen LogP contribution is -2.04. The van der Waals surface area contributed by atoms with Crippen LogP contribution in [-0.4, -0.2) is 14.7 Å². The summed E-state index contributed by atoms with van der Waals surface area (Å²) < 4.78 is 49.3. The Morgan fingerprint density at radius 1 is 1.10 bits per heavy atom. The van der Waals surface area contributed by atoms with E-state index in [-0.39, 0.29) is 17.0 Å². The molecule has 0 amide bonds. The zero-order valence-electron chi connectivity index (χ0n) is 10.7. The number of hydrogen-bond acceptors (Lipinski definition) is 3. The van der Waals surface area contributed by atoms with Crippen molar-refractivity contribution in [2.75, 3.05) is 11.6 Å². The molecule has 0 radical (unpaired) electrons. The van der Waals surface area contributed by atoms with E-state index >= 15 is 0 Å². The van der Waals surface area contributed by atoms with Crippen molar-refractivity contribution < 1.29 is 17.2 Å². The molecule has 0 heterocycles. The fraction of sp³-hybridized carbons (Fsp3) is 0.143. The van der Waals surface area contributed by atoms with Crippen LogP contribution in [0.2, 0.25) is 0 Å². The van der Waals surface area contributed by atoms with Gasteiger partial charge >= 0.3 is 0 Å². The van der Waals surface area contributed by atoms with E-state index in [4.69, 9.17) is 0 Å². The molecule has 6 heteroatoms. The predicted octanol–water partition coefficient (Wildman–Crippen LogP) is 2.98. The molecule has 0 unspecified atom stereocenters. The largest absolute Gasteiger partial charge is 0.381 e. The summed E-state index contributed by atoms with van der Waals surface area (Å²) in [4.78, 5) is 0.169. The molecular weight excluding hydrogens is 284 g/mol. The van der Waals surface area contributed by atoms with E-state index in [1.54, 1.807) is 12.1 Å². The van der Waals surface area contributed by atoms with Crippen LogP contribution in [0.15, 0.2) is 47.4 Å². The van der Waals surface area contributed by atoms with Crippen LogP contribution in [-0.2, 0) is 16.4 Å². The van der Waals surface area contributed by atoms with Gasteiger partial charge in [0.25, 0.3) is 0 Å². The summed E-state index contributed by atoms with van der Waals surface area (Å²) in [6.07, 6.45) is 1.11. The highest BCUT2D eigenvalue weighted by atomic mass is 32.2. The zero-order valence-corrected chi connectivity index (χ0v) is 11.5. The summed E-state index contributed by atoms with van der Waals surface area (Å²) >= 11 is 0. The first-order valence-electron chi connectivity index (χ1n) is 5.84. The number of hydrogen-bond donors (Lipinski definition) is 1. The van der Waals surface area contributed by atoms with Crippen LogP contribution in [0.3, 0.4) is 0 Å². The normalized spacial score (nSPS) is 11.3. The number of anilines is 1. The maximum atomic E-state index is 13.4. The Balaban J connectivity index is 2.17. The molecular formula is C14H13F2NO2S. The van der Waals surface area contributed by atoms with Gasteiger partial charge in [-0.15, -0.1) is 0 Å². The molecule has 3 nitrogen and oxygen atoms in total. The average Bonchev–Trinajstić information content (AvgIpc) is 2.39. The zero-order chi connectivity index (χ0) is 14.8. The molecule has 1 N–H and O–H groups in total. The number of benzene rings is 2. The first kappa shape index (κ1) is 14.5. The lowest BCUT2D eigenvalue weighted by Gasteiger charge is -2.09. The van der Waals surface area contributed by atoms with Crippen LogP contribution >= 0.6 is 0 Å². The second-order valence-electron chi connectivity index (χ2n) is 4.39. The standard InChI is InChI=1S/C14H13F2NO2S/c1-20(18,19)13-4-2-3-12(8-13)17-9-10-7-11(15)5-6-14(10)16/h2-8,17H,9H2,1H3. The average molecular weight is 297 g/mol. The van der Waals surface area contributed by atoms with E-state index in [1.165, 1.54) is 12.1 Å². The highest BCUT2D eigenvalue weighted by molar-refractivity contribution is 7.90. The molecule has 2 rings (SSSR count). The van der Waals surface area contributed by atoms with Crippen molar-refractivity contribution in [1.29, 1.82) is 0 Å². The van der Waals surface area contributed by atoms with Gasteiger partial charge in [0.15, 0.2) is 9.84 Å². The van der Waals surface area contributed by atoms with Gasteiger partial charge < -0.3 is 5.32 Å². The van der Waals surface area contributed by atoms with E-state index < -0.39 is 21.5 Å². The highest BCUT2D eigenvalue weighted by Crippen LogP contribution is 2.17. The summed E-state index contributed by atoms with van der Waals surface area (Å²) in [5.74, 6) is -1.04. The minimum atomic E-state index is -3.30. The second-order valence-corrected chi connectivity index (χ2v) is 6.41. The van der Waals surface area contributed by atoms with Crippen molar-refractivity contribution in [3.05, 3.63) is 59.7 Å². The molecule has 0 spiro atoms. The third-order valence-corrected chi connectivity index (χ3v) is 3.86. The summed E-state index contributed by atoms with van der Waals surface area (Å²) in [5, 5.41) is 2.87. The van der Waals surface area contributed by atoms with Gasteiger partial charge in [0.1, 0.15) is 11.6 Å². The number of rotatable bonds is 4. The number of nitrogens with one attached hydrogen (secondary N) is 1. The molecule has 0 saturated heterocycles. The Kier molecular flexibility index (Phi) is 4.04. The van der Waals surface area contributed by atoms with Crippen molar-refractivity contribution in [3.63, 3.8) is 0 Å². The van der Waals surface area contributed by atoms with Gasteiger partial charge in [-0.05, 0) is 36.4 Å². The monoisotopic (exact) mass is 297 g/mol. The van der Waals surface area contributed by atoms with Gasteiger partial charge in [-0.1, -0.05) is 6.07 Å². The molecule has 20 heavy (non-hydrogen) atoms. The fourth-order valence-corrected chi connectivity index (χ4v) is 2.38. The Bertz CT molecular complexity index is 730. The summed E-state index contributed by atoms with van der Waals surface area (Å²) in [6, 6.07) is 9.37. The molecule has 2 aromatic rings. The Morgan fingerprint density at radius 2 is 1.85 bits per heavy atom. The molecule has 0 atom stereocenters. The van der Waals surface area contributed by atoms with E-state index in [1.807, 2.05) is 0 Å². The van der Waals surface area contributed by atoms with Crippen molar-refractivity contribution in [2.24, 2.45) is 0 Å². The Hall–Kier alpha value is -1.95. The molecule has 0 aromatic heterocycles. The summed E-state index contributed by atoms with van der Waals surface area (Å²) in [6.45, 7) is 0.0663. The van der Waals surface area contributed by atoms with Gasteiger partial charge in [0.2, 0.25) is 0 Å². The maximum absolute atomic E-state index is 13.4. The molecule has 2 aromatic carbocycles. The van der Waals surface area contributed by atoms with Crippen molar-refractivity contribution in [1.82, 2.24) is 0 Å². The summed E-state index contributed by atoms with van der Waals surface area (Å²) in [5.41, 5.74) is 0.700. The maximum Gasteiger partial charge on any atom is 0.175 e. The molecule has 0 aliphatic heterocycles.